The minimum Gasteiger partial charge on any atom is -0.448 e. The van der Waals surface area contributed by atoms with Gasteiger partial charge in [0.2, 0.25) is 11.8 Å². The summed E-state index contributed by atoms with van der Waals surface area (Å²) in [5.41, 5.74) is 9.09. The summed E-state index contributed by atoms with van der Waals surface area (Å²) < 4.78 is 5.17. The van der Waals surface area contributed by atoms with Crippen LogP contribution in [0.1, 0.15) is 5.56 Å². The Labute approximate surface area is 152 Å². The highest BCUT2D eigenvalue weighted by molar-refractivity contribution is 7.16. The van der Waals surface area contributed by atoms with Crippen LogP contribution in [0.3, 0.4) is 0 Å². The molecule has 0 spiro atoms. The van der Waals surface area contributed by atoms with Crippen LogP contribution < -0.4 is 16.0 Å². The third kappa shape index (κ3) is 3.26. The van der Waals surface area contributed by atoms with Gasteiger partial charge >= 0.3 is 6.09 Å². The van der Waals surface area contributed by atoms with Gasteiger partial charge in [-0.1, -0.05) is 0 Å². The maximum atomic E-state index is 12.0. The maximum Gasteiger partial charge on any atom is 0.433 e. The first-order valence-electron chi connectivity index (χ1n) is 8.00. The van der Waals surface area contributed by atoms with Gasteiger partial charge in [-0.05, 0) is 13.0 Å². The highest BCUT2D eigenvalue weighted by Crippen LogP contribution is 2.26. The van der Waals surface area contributed by atoms with Gasteiger partial charge in [0.15, 0.2) is 10.6 Å². The molecule has 1 aliphatic rings. The second kappa shape index (κ2) is 6.77. The van der Waals surface area contributed by atoms with E-state index in [0.29, 0.717) is 37.9 Å². The Kier molecular flexibility index (Phi) is 4.31. The van der Waals surface area contributed by atoms with E-state index < -0.39 is 6.09 Å². The topological polar surface area (TPSA) is 123 Å². The van der Waals surface area contributed by atoms with Gasteiger partial charge in [-0.15, -0.1) is 16.4 Å². The van der Waals surface area contributed by atoms with E-state index in [1.807, 2.05) is 6.92 Å². The number of hydrogen-bond acceptors (Lipinski definition) is 10. The first-order valence-corrected chi connectivity index (χ1v) is 8.88. The van der Waals surface area contributed by atoms with Gasteiger partial charge in [-0.2, -0.15) is 4.98 Å². The summed E-state index contributed by atoms with van der Waals surface area (Å²) in [6.07, 6.45) is 0.931. The molecule has 0 radical (unpaired) electrons. The van der Waals surface area contributed by atoms with Gasteiger partial charge < -0.3 is 19.9 Å². The normalized spacial score (nSPS) is 15.3. The molecule has 1 aliphatic heterocycles. The van der Waals surface area contributed by atoms with E-state index in [-0.39, 0.29) is 5.95 Å². The lowest BCUT2D eigenvalue weighted by Gasteiger charge is -2.33. The van der Waals surface area contributed by atoms with Crippen LogP contribution in [0.5, 0.6) is 0 Å². The zero-order valence-corrected chi connectivity index (χ0v) is 14.8. The Morgan fingerprint density at radius 1 is 1.35 bits per heavy atom. The zero-order chi connectivity index (χ0) is 18.1. The minimum absolute atomic E-state index is 0.226. The van der Waals surface area contributed by atoms with Gasteiger partial charge in [0.1, 0.15) is 5.52 Å². The lowest BCUT2D eigenvalue weighted by atomic mass is 10.3. The lowest BCUT2D eigenvalue weighted by molar-refractivity contribution is -0.0967. The molecule has 3 N–H and O–H groups in total. The SMILES string of the molecule is Cc1ccoc1NC(=O)ON1CCN(c2nc(N)nc3scnc23)CC1. The van der Waals surface area contributed by atoms with Gasteiger partial charge in [0.25, 0.3) is 0 Å². The lowest BCUT2D eigenvalue weighted by Crippen LogP contribution is -2.47. The number of nitrogens with one attached hydrogen (secondary N) is 1. The van der Waals surface area contributed by atoms with E-state index in [2.05, 4.69) is 25.2 Å². The summed E-state index contributed by atoms with van der Waals surface area (Å²) in [5, 5.41) is 4.18. The molecule has 0 aromatic carbocycles. The van der Waals surface area contributed by atoms with Gasteiger partial charge in [0, 0.05) is 18.7 Å². The van der Waals surface area contributed by atoms with Crippen molar-refractivity contribution in [2.75, 3.05) is 42.1 Å². The molecule has 1 fully saturated rings. The van der Waals surface area contributed by atoms with Crippen LogP contribution in [0.4, 0.5) is 22.4 Å². The van der Waals surface area contributed by atoms with Crippen molar-refractivity contribution >= 4 is 45.4 Å². The predicted octanol–water partition coefficient (Wildman–Crippen LogP) is 1.86. The molecule has 11 heteroatoms. The number of piperazine rings is 1. The number of nitrogens with two attached hydrogens (primary N) is 1. The Morgan fingerprint density at radius 2 is 2.15 bits per heavy atom. The van der Waals surface area contributed by atoms with E-state index in [1.54, 1.807) is 16.6 Å². The number of furan rings is 1. The number of hydrogen-bond donors (Lipinski definition) is 2. The van der Waals surface area contributed by atoms with E-state index >= 15 is 0 Å². The molecule has 0 unspecified atom stereocenters. The molecular formula is C15H17N7O3S. The minimum atomic E-state index is -0.579. The Morgan fingerprint density at radius 3 is 2.88 bits per heavy atom. The molecule has 0 saturated carbocycles. The molecule has 26 heavy (non-hydrogen) atoms. The third-order valence-electron chi connectivity index (χ3n) is 4.02. The summed E-state index contributed by atoms with van der Waals surface area (Å²) in [6, 6.07) is 1.76. The van der Waals surface area contributed by atoms with E-state index in [4.69, 9.17) is 15.0 Å². The van der Waals surface area contributed by atoms with Crippen molar-refractivity contribution < 1.29 is 14.0 Å². The number of carbonyl (C=O) groups is 1. The number of amides is 1. The van der Waals surface area contributed by atoms with Crippen molar-refractivity contribution in [3.63, 3.8) is 0 Å². The summed E-state index contributed by atoms with van der Waals surface area (Å²) in [5.74, 6) is 1.32. The van der Waals surface area contributed by atoms with Gasteiger partial charge in [-0.3, -0.25) is 5.32 Å². The van der Waals surface area contributed by atoms with Crippen molar-refractivity contribution in [2.45, 2.75) is 6.92 Å². The number of nitrogen functional groups attached to an aromatic ring is 1. The van der Waals surface area contributed by atoms with Crippen molar-refractivity contribution in [3.05, 3.63) is 23.4 Å². The van der Waals surface area contributed by atoms with Crippen LogP contribution in [-0.2, 0) is 4.84 Å². The number of thiazole rings is 1. The number of aryl methyl sites for hydroxylation is 1. The number of anilines is 3. The average Bonchev–Trinajstić information content (AvgIpc) is 3.24. The van der Waals surface area contributed by atoms with Crippen LogP contribution in [0.25, 0.3) is 10.3 Å². The molecule has 3 aromatic heterocycles. The van der Waals surface area contributed by atoms with E-state index in [0.717, 1.165) is 15.9 Å². The summed E-state index contributed by atoms with van der Waals surface area (Å²) in [7, 11) is 0. The highest BCUT2D eigenvalue weighted by atomic mass is 32.1. The molecular weight excluding hydrogens is 358 g/mol. The molecule has 0 bridgehead atoms. The molecule has 4 heterocycles. The largest absolute Gasteiger partial charge is 0.448 e. The number of rotatable bonds is 3. The second-order valence-corrected chi connectivity index (χ2v) is 6.60. The predicted molar refractivity (Wildman–Crippen MR) is 97.0 cm³/mol. The molecule has 0 aliphatic carbocycles. The molecule has 1 saturated heterocycles. The number of aromatic nitrogens is 3. The Bertz CT molecular complexity index is 932. The fraction of sp³-hybridized carbons (Fsp3) is 0.333. The van der Waals surface area contributed by atoms with Gasteiger partial charge in [-0.25, -0.2) is 14.8 Å². The zero-order valence-electron chi connectivity index (χ0n) is 14.0. The number of fused-ring (bicyclic) bond motifs is 1. The van der Waals surface area contributed by atoms with Crippen LogP contribution in [0.15, 0.2) is 22.3 Å². The molecule has 10 nitrogen and oxygen atoms in total. The van der Waals surface area contributed by atoms with Crippen LogP contribution in [0.2, 0.25) is 0 Å². The Hall–Kier alpha value is -2.92. The number of nitrogens with zero attached hydrogens (tertiary/aromatic N) is 5. The first kappa shape index (κ1) is 16.5. The standard InChI is InChI=1S/C15H17N7O3S/c1-9-2-7-24-12(9)19-15(23)25-22-5-3-21(4-6-22)11-10-13(26-8-17-10)20-14(16)18-11/h2,7-8H,3-6H2,1H3,(H,19,23)(H2,16,18,20). The smallest absolute Gasteiger partial charge is 0.433 e. The average molecular weight is 375 g/mol. The Balaban J connectivity index is 1.37. The summed E-state index contributed by atoms with van der Waals surface area (Å²) in [4.78, 5) is 33.0. The fourth-order valence-electron chi connectivity index (χ4n) is 2.71. The number of hydroxylamine groups is 2. The van der Waals surface area contributed by atoms with Gasteiger partial charge in [0.05, 0.1) is 24.9 Å². The summed E-state index contributed by atoms with van der Waals surface area (Å²) in [6.45, 7) is 4.14. The van der Waals surface area contributed by atoms with Crippen LogP contribution in [0, 0.1) is 6.92 Å². The molecule has 0 atom stereocenters. The first-order chi connectivity index (χ1) is 12.6. The third-order valence-corrected chi connectivity index (χ3v) is 4.74. The highest BCUT2D eigenvalue weighted by Gasteiger charge is 2.24. The quantitative estimate of drug-likeness (QED) is 0.706. The number of carbonyl (C=O) groups excluding carboxylic acids is 1. The maximum absolute atomic E-state index is 12.0. The second-order valence-electron chi connectivity index (χ2n) is 5.76. The molecule has 3 aromatic rings. The monoisotopic (exact) mass is 375 g/mol. The van der Waals surface area contributed by atoms with E-state index in [9.17, 15) is 4.79 Å². The summed E-state index contributed by atoms with van der Waals surface area (Å²) >= 11 is 1.43. The van der Waals surface area contributed by atoms with Crippen molar-refractivity contribution in [1.29, 1.82) is 0 Å². The molecule has 4 rings (SSSR count). The van der Waals surface area contributed by atoms with Crippen LogP contribution >= 0.6 is 11.3 Å². The van der Waals surface area contributed by atoms with Crippen molar-refractivity contribution in [1.82, 2.24) is 20.0 Å². The molecule has 1 amide bonds. The van der Waals surface area contributed by atoms with Crippen molar-refractivity contribution in [3.8, 4) is 0 Å². The van der Waals surface area contributed by atoms with E-state index in [1.165, 1.54) is 17.6 Å². The molecule has 136 valence electrons. The van der Waals surface area contributed by atoms with Crippen LogP contribution in [-0.4, -0.2) is 52.3 Å². The van der Waals surface area contributed by atoms with Crippen molar-refractivity contribution in [2.24, 2.45) is 0 Å². The fourth-order valence-corrected chi connectivity index (χ4v) is 3.37.